The monoisotopic (exact) mass is 314 g/mol. The molecule has 0 radical (unpaired) electrons. The maximum absolute atomic E-state index is 12.9. The summed E-state index contributed by atoms with van der Waals surface area (Å²) >= 11 is 0. The fourth-order valence-corrected chi connectivity index (χ4v) is 2.05. The lowest BCUT2D eigenvalue weighted by molar-refractivity contribution is -0.144. The van der Waals surface area contributed by atoms with Gasteiger partial charge in [0.2, 0.25) is 0 Å². The quantitative estimate of drug-likeness (QED) is 0.622. The van der Waals surface area contributed by atoms with E-state index in [1.54, 1.807) is 0 Å². The Kier molecular flexibility index (Phi) is 4.91. The van der Waals surface area contributed by atoms with Crippen molar-refractivity contribution in [1.82, 2.24) is 0 Å². The van der Waals surface area contributed by atoms with E-state index in [1.165, 1.54) is 6.92 Å². The summed E-state index contributed by atoms with van der Waals surface area (Å²) in [4.78, 5) is 11.2. The van der Waals surface area contributed by atoms with Crippen molar-refractivity contribution in [2.24, 2.45) is 0 Å². The number of esters is 1. The Labute approximate surface area is 116 Å². The third-order valence-corrected chi connectivity index (χ3v) is 2.94. The summed E-state index contributed by atoms with van der Waals surface area (Å²) in [7, 11) is 0.953. The molecule has 0 bridgehead atoms. The van der Waals surface area contributed by atoms with E-state index in [0.29, 0.717) is 12.1 Å². The van der Waals surface area contributed by atoms with Crippen LogP contribution in [0.4, 0.5) is 26.3 Å². The Morgan fingerprint density at radius 3 is 1.76 bits per heavy atom. The van der Waals surface area contributed by atoms with Crippen molar-refractivity contribution >= 4 is 5.97 Å². The standard InChI is InChI=1S/C13H12F6O2/c1-3-7-8(6-11(20)21-2)10(13(17,18)19)5-4-9(7)12(14,15)16/h4-5H,3,6H2,1-2H3. The molecule has 0 fully saturated rings. The normalized spacial score (nSPS) is 12.4. The Balaban J connectivity index is 3.60. The van der Waals surface area contributed by atoms with Crippen LogP contribution in [0.5, 0.6) is 0 Å². The minimum absolute atomic E-state index is 0.287. The van der Waals surface area contributed by atoms with Crippen LogP contribution < -0.4 is 0 Å². The molecule has 0 saturated carbocycles. The first kappa shape index (κ1) is 17.3. The second-order valence-corrected chi connectivity index (χ2v) is 4.22. The summed E-state index contributed by atoms with van der Waals surface area (Å²) in [6, 6.07) is 0.739. The first-order valence-corrected chi connectivity index (χ1v) is 5.88. The van der Waals surface area contributed by atoms with Crippen molar-refractivity contribution in [2.75, 3.05) is 7.11 Å². The highest BCUT2D eigenvalue weighted by Gasteiger charge is 2.39. The summed E-state index contributed by atoms with van der Waals surface area (Å²) in [5.41, 5.74) is -3.65. The van der Waals surface area contributed by atoms with Crippen LogP contribution in [0.25, 0.3) is 0 Å². The molecular formula is C13H12F6O2. The van der Waals surface area contributed by atoms with Gasteiger partial charge in [-0.05, 0) is 29.7 Å². The van der Waals surface area contributed by atoms with E-state index in [4.69, 9.17) is 0 Å². The Bertz CT molecular complexity index is 531. The average molecular weight is 314 g/mol. The molecule has 0 heterocycles. The van der Waals surface area contributed by atoms with E-state index in [0.717, 1.165) is 7.11 Å². The average Bonchev–Trinajstić information content (AvgIpc) is 2.35. The van der Waals surface area contributed by atoms with Gasteiger partial charge in [0.25, 0.3) is 0 Å². The van der Waals surface area contributed by atoms with Crippen molar-refractivity contribution in [3.05, 3.63) is 34.4 Å². The van der Waals surface area contributed by atoms with Crippen LogP contribution in [0.1, 0.15) is 29.2 Å². The van der Waals surface area contributed by atoms with Crippen molar-refractivity contribution < 1.29 is 35.9 Å². The predicted molar refractivity (Wildman–Crippen MR) is 61.5 cm³/mol. The van der Waals surface area contributed by atoms with E-state index in [2.05, 4.69) is 4.74 Å². The SMILES string of the molecule is CCc1c(C(F)(F)F)ccc(C(F)(F)F)c1CC(=O)OC. The highest BCUT2D eigenvalue weighted by atomic mass is 19.4. The molecule has 0 spiro atoms. The summed E-state index contributed by atoms with van der Waals surface area (Å²) < 4.78 is 81.6. The molecule has 0 saturated heterocycles. The molecule has 0 N–H and O–H groups in total. The third-order valence-electron chi connectivity index (χ3n) is 2.94. The molecule has 1 rings (SSSR count). The molecule has 0 aromatic heterocycles. The number of ether oxygens (including phenoxy) is 1. The van der Waals surface area contributed by atoms with Gasteiger partial charge in [-0.25, -0.2) is 0 Å². The smallest absolute Gasteiger partial charge is 0.416 e. The highest BCUT2D eigenvalue weighted by Crippen LogP contribution is 2.40. The number of benzene rings is 1. The van der Waals surface area contributed by atoms with E-state index >= 15 is 0 Å². The summed E-state index contributed by atoms with van der Waals surface area (Å²) in [6.45, 7) is 1.30. The lowest BCUT2D eigenvalue weighted by Crippen LogP contribution is -2.19. The molecule has 0 aliphatic rings. The van der Waals surface area contributed by atoms with E-state index < -0.39 is 47.0 Å². The largest absolute Gasteiger partial charge is 0.469 e. The van der Waals surface area contributed by atoms with Gasteiger partial charge in [-0.15, -0.1) is 0 Å². The molecule has 21 heavy (non-hydrogen) atoms. The van der Waals surface area contributed by atoms with E-state index in [1.807, 2.05) is 0 Å². The Hall–Kier alpha value is -1.73. The molecule has 0 aliphatic heterocycles. The predicted octanol–water partition coefficient (Wildman–Crippen LogP) is 4.00. The first-order valence-electron chi connectivity index (χ1n) is 5.88. The molecule has 2 nitrogen and oxygen atoms in total. The van der Waals surface area contributed by atoms with Gasteiger partial charge in [-0.2, -0.15) is 26.3 Å². The van der Waals surface area contributed by atoms with Crippen LogP contribution in [0, 0.1) is 0 Å². The summed E-state index contributed by atoms with van der Waals surface area (Å²) in [5.74, 6) is -1.03. The zero-order chi connectivity index (χ0) is 16.4. The van der Waals surface area contributed by atoms with Crippen molar-refractivity contribution in [2.45, 2.75) is 32.1 Å². The summed E-state index contributed by atoms with van der Waals surface area (Å²) in [6.07, 6.45) is -10.8. The van der Waals surface area contributed by atoms with Gasteiger partial charge in [-0.1, -0.05) is 6.92 Å². The lowest BCUT2D eigenvalue weighted by atomic mass is 9.91. The second kappa shape index (κ2) is 5.95. The summed E-state index contributed by atoms with van der Waals surface area (Å²) in [5, 5.41) is 0. The number of halogens is 6. The molecule has 8 heteroatoms. The van der Waals surface area contributed by atoms with E-state index in [-0.39, 0.29) is 6.42 Å². The van der Waals surface area contributed by atoms with Crippen LogP contribution in [-0.4, -0.2) is 13.1 Å². The number of hydrogen-bond donors (Lipinski definition) is 0. The highest BCUT2D eigenvalue weighted by molar-refractivity contribution is 5.74. The zero-order valence-electron chi connectivity index (χ0n) is 11.2. The maximum Gasteiger partial charge on any atom is 0.416 e. The fraction of sp³-hybridized carbons (Fsp3) is 0.462. The zero-order valence-corrected chi connectivity index (χ0v) is 11.2. The molecule has 1 aromatic carbocycles. The number of hydrogen-bond acceptors (Lipinski definition) is 2. The second-order valence-electron chi connectivity index (χ2n) is 4.22. The number of methoxy groups -OCH3 is 1. The third kappa shape index (κ3) is 3.89. The van der Waals surface area contributed by atoms with Crippen LogP contribution in [0.3, 0.4) is 0 Å². The van der Waals surface area contributed by atoms with Crippen molar-refractivity contribution in [3.63, 3.8) is 0 Å². The molecule has 0 amide bonds. The lowest BCUT2D eigenvalue weighted by Gasteiger charge is -2.20. The number of carbonyl (C=O) groups is 1. The topological polar surface area (TPSA) is 26.3 Å². The van der Waals surface area contributed by atoms with Gasteiger partial charge in [0.05, 0.1) is 24.7 Å². The fourth-order valence-electron chi connectivity index (χ4n) is 2.05. The minimum atomic E-state index is -4.85. The number of rotatable bonds is 3. The van der Waals surface area contributed by atoms with Crippen molar-refractivity contribution in [1.29, 1.82) is 0 Å². The first-order chi connectivity index (χ1) is 9.52. The molecule has 0 unspecified atom stereocenters. The van der Waals surface area contributed by atoms with Gasteiger partial charge >= 0.3 is 18.3 Å². The van der Waals surface area contributed by atoms with E-state index in [9.17, 15) is 31.1 Å². The van der Waals surface area contributed by atoms with Gasteiger partial charge in [0.15, 0.2) is 0 Å². The molecule has 0 aliphatic carbocycles. The van der Waals surface area contributed by atoms with Gasteiger partial charge in [-0.3, -0.25) is 4.79 Å². The van der Waals surface area contributed by atoms with Gasteiger partial charge < -0.3 is 4.74 Å². The maximum atomic E-state index is 12.9. The van der Waals surface area contributed by atoms with Crippen LogP contribution >= 0.6 is 0 Å². The van der Waals surface area contributed by atoms with Crippen LogP contribution in [-0.2, 0) is 34.7 Å². The van der Waals surface area contributed by atoms with Crippen molar-refractivity contribution in [3.8, 4) is 0 Å². The molecular weight excluding hydrogens is 302 g/mol. The van der Waals surface area contributed by atoms with Gasteiger partial charge in [0, 0.05) is 0 Å². The van der Waals surface area contributed by atoms with Crippen LogP contribution in [0.2, 0.25) is 0 Å². The van der Waals surface area contributed by atoms with Crippen LogP contribution in [0.15, 0.2) is 12.1 Å². The molecule has 0 atom stereocenters. The Morgan fingerprint density at radius 2 is 1.43 bits per heavy atom. The minimum Gasteiger partial charge on any atom is -0.469 e. The Morgan fingerprint density at radius 1 is 1.00 bits per heavy atom. The van der Waals surface area contributed by atoms with Gasteiger partial charge in [0.1, 0.15) is 0 Å². The molecule has 1 aromatic rings. The molecule has 118 valence electrons. The number of alkyl halides is 6. The number of carbonyl (C=O) groups excluding carboxylic acids is 1.